The van der Waals surface area contributed by atoms with Gasteiger partial charge in [0.2, 0.25) is 5.91 Å². The lowest BCUT2D eigenvalue weighted by molar-refractivity contribution is -0.119. The van der Waals surface area contributed by atoms with Gasteiger partial charge in [0.1, 0.15) is 0 Å². The number of rotatable bonds is 6. The molecule has 0 bridgehead atoms. The van der Waals surface area contributed by atoms with Crippen LogP contribution in [-0.4, -0.2) is 40.0 Å². The molecule has 0 unspecified atom stereocenters. The number of amides is 1. The summed E-state index contributed by atoms with van der Waals surface area (Å²) in [7, 11) is 0. The molecule has 0 radical (unpaired) electrons. The summed E-state index contributed by atoms with van der Waals surface area (Å²) in [6, 6.07) is 5.12. The predicted octanol–water partition coefficient (Wildman–Crippen LogP) is 2.85. The Balaban J connectivity index is 1.94. The van der Waals surface area contributed by atoms with Crippen molar-refractivity contribution in [3.63, 3.8) is 0 Å². The van der Waals surface area contributed by atoms with E-state index in [2.05, 4.69) is 10.3 Å². The van der Waals surface area contributed by atoms with Crippen molar-refractivity contribution in [3.05, 3.63) is 33.6 Å². The molecule has 6 nitrogen and oxygen atoms in total. The number of ether oxygens (including phenoxy) is 1. The van der Waals surface area contributed by atoms with Crippen LogP contribution in [0.5, 0.6) is 0 Å². The second-order valence-corrected chi connectivity index (χ2v) is 8.00. The summed E-state index contributed by atoms with van der Waals surface area (Å²) in [5, 5.41) is 4.40. The largest absolute Gasteiger partial charge is 0.376 e. The number of fused-ring (bicyclic) bond motifs is 1. The van der Waals surface area contributed by atoms with Crippen LogP contribution >= 0.6 is 23.4 Å². The van der Waals surface area contributed by atoms with E-state index in [4.69, 9.17) is 16.3 Å². The van der Waals surface area contributed by atoms with Crippen molar-refractivity contribution in [1.82, 2.24) is 14.9 Å². The minimum absolute atomic E-state index is 0.00286. The average Bonchev–Trinajstić information content (AvgIpc) is 3.08. The first-order valence-electron chi connectivity index (χ1n) is 8.68. The Morgan fingerprint density at radius 3 is 3.00 bits per heavy atom. The van der Waals surface area contributed by atoms with Crippen LogP contribution in [-0.2, 0) is 16.1 Å². The van der Waals surface area contributed by atoms with E-state index < -0.39 is 0 Å². The highest BCUT2D eigenvalue weighted by atomic mass is 35.5. The topological polar surface area (TPSA) is 73.2 Å². The van der Waals surface area contributed by atoms with Gasteiger partial charge in [-0.1, -0.05) is 23.4 Å². The maximum atomic E-state index is 13.0. The molecule has 1 aromatic carbocycles. The lowest BCUT2D eigenvalue weighted by atomic mass is 10.2. The number of nitrogens with one attached hydrogen (secondary N) is 1. The molecule has 2 heterocycles. The Labute approximate surface area is 161 Å². The van der Waals surface area contributed by atoms with Crippen LogP contribution in [0.15, 0.2) is 28.2 Å². The summed E-state index contributed by atoms with van der Waals surface area (Å²) in [6.45, 7) is 4.98. The Bertz CT molecular complexity index is 863. The van der Waals surface area contributed by atoms with Gasteiger partial charge in [-0.2, -0.15) is 0 Å². The summed E-state index contributed by atoms with van der Waals surface area (Å²) in [6.07, 6.45) is 1.92. The van der Waals surface area contributed by atoms with E-state index in [1.165, 1.54) is 11.8 Å². The lowest BCUT2D eigenvalue weighted by Crippen LogP contribution is -2.32. The van der Waals surface area contributed by atoms with Crippen LogP contribution in [0.25, 0.3) is 10.9 Å². The molecule has 1 N–H and O–H groups in total. The third-order valence-electron chi connectivity index (χ3n) is 4.07. The predicted molar refractivity (Wildman–Crippen MR) is 104 cm³/mol. The van der Waals surface area contributed by atoms with Crippen LogP contribution < -0.4 is 10.9 Å². The van der Waals surface area contributed by atoms with Gasteiger partial charge in [0.05, 0.1) is 29.3 Å². The van der Waals surface area contributed by atoms with E-state index in [0.29, 0.717) is 27.6 Å². The normalized spacial score (nSPS) is 17.2. The molecule has 1 aromatic heterocycles. The van der Waals surface area contributed by atoms with Crippen molar-refractivity contribution >= 4 is 40.2 Å². The maximum absolute atomic E-state index is 13.0. The zero-order valence-electron chi connectivity index (χ0n) is 14.8. The first-order valence-corrected chi connectivity index (χ1v) is 10.0. The molecule has 1 saturated heterocycles. The molecule has 0 aliphatic carbocycles. The summed E-state index contributed by atoms with van der Waals surface area (Å²) < 4.78 is 7.30. The van der Waals surface area contributed by atoms with E-state index >= 15 is 0 Å². The van der Waals surface area contributed by atoms with Gasteiger partial charge in [0.15, 0.2) is 5.16 Å². The number of carbonyl (C=O) groups excluding carboxylic acids is 1. The zero-order chi connectivity index (χ0) is 18.7. The molecule has 140 valence electrons. The number of hydrogen-bond acceptors (Lipinski definition) is 5. The molecule has 3 rings (SSSR count). The maximum Gasteiger partial charge on any atom is 0.262 e. The van der Waals surface area contributed by atoms with E-state index in [9.17, 15) is 9.59 Å². The van der Waals surface area contributed by atoms with Crippen LogP contribution in [0.2, 0.25) is 5.02 Å². The van der Waals surface area contributed by atoms with E-state index in [1.807, 2.05) is 13.8 Å². The molecule has 8 heteroatoms. The van der Waals surface area contributed by atoms with Crippen LogP contribution in [0.4, 0.5) is 0 Å². The number of aromatic nitrogens is 2. The summed E-state index contributed by atoms with van der Waals surface area (Å²) >= 11 is 7.30. The van der Waals surface area contributed by atoms with Crippen LogP contribution in [0.1, 0.15) is 26.7 Å². The molecule has 1 atom stereocenters. The molecule has 0 spiro atoms. The minimum Gasteiger partial charge on any atom is -0.376 e. The summed E-state index contributed by atoms with van der Waals surface area (Å²) in [5.74, 6) is 0.108. The number of nitrogens with zero attached hydrogens (tertiary/aromatic N) is 2. The molecule has 0 saturated carbocycles. The first kappa shape index (κ1) is 19.2. The van der Waals surface area contributed by atoms with Crippen molar-refractivity contribution in [3.8, 4) is 0 Å². The highest BCUT2D eigenvalue weighted by Gasteiger charge is 2.21. The summed E-state index contributed by atoms with van der Waals surface area (Å²) in [5.41, 5.74) is 0.409. The van der Waals surface area contributed by atoms with Crippen molar-refractivity contribution in [2.45, 2.75) is 50.5 Å². The molecule has 1 aliphatic heterocycles. The molecule has 1 fully saturated rings. The van der Waals surface area contributed by atoms with E-state index in [-0.39, 0.29) is 29.4 Å². The monoisotopic (exact) mass is 395 g/mol. The highest BCUT2D eigenvalue weighted by molar-refractivity contribution is 7.99. The van der Waals surface area contributed by atoms with E-state index in [0.717, 1.165) is 19.4 Å². The molecule has 26 heavy (non-hydrogen) atoms. The van der Waals surface area contributed by atoms with Gasteiger partial charge >= 0.3 is 0 Å². The van der Waals surface area contributed by atoms with Gasteiger partial charge in [0, 0.05) is 17.7 Å². The van der Waals surface area contributed by atoms with Crippen molar-refractivity contribution in [2.24, 2.45) is 0 Å². The van der Waals surface area contributed by atoms with Gasteiger partial charge in [-0.15, -0.1) is 0 Å². The number of thioether (sulfide) groups is 1. The van der Waals surface area contributed by atoms with Crippen molar-refractivity contribution in [2.75, 3.05) is 12.4 Å². The highest BCUT2D eigenvalue weighted by Crippen LogP contribution is 2.22. The third kappa shape index (κ3) is 4.58. The number of hydrogen-bond donors (Lipinski definition) is 1. The van der Waals surface area contributed by atoms with Gasteiger partial charge in [0.25, 0.3) is 5.56 Å². The third-order valence-corrected chi connectivity index (χ3v) is 5.29. The van der Waals surface area contributed by atoms with Gasteiger partial charge in [-0.05, 0) is 44.9 Å². The molecule has 2 aromatic rings. The van der Waals surface area contributed by atoms with Crippen LogP contribution in [0, 0.1) is 0 Å². The fraction of sp³-hybridized carbons (Fsp3) is 0.500. The van der Waals surface area contributed by atoms with Gasteiger partial charge < -0.3 is 10.1 Å². The van der Waals surface area contributed by atoms with Crippen molar-refractivity contribution < 1.29 is 9.53 Å². The van der Waals surface area contributed by atoms with Crippen molar-refractivity contribution in [1.29, 1.82) is 0 Å². The Kier molecular flexibility index (Phi) is 6.21. The smallest absolute Gasteiger partial charge is 0.262 e. The standard InChI is InChI=1S/C18H22ClN3O3S/c1-11(2)20-16(23)10-26-18-21-15-8-12(19)5-6-14(15)17(24)22(18)9-13-4-3-7-25-13/h5-6,8,11,13H,3-4,7,9-10H2,1-2H3,(H,20,23)/t13-/m0/s1. The fourth-order valence-electron chi connectivity index (χ4n) is 2.93. The van der Waals surface area contributed by atoms with Crippen LogP contribution in [0.3, 0.4) is 0 Å². The Morgan fingerprint density at radius 2 is 2.31 bits per heavy atom. The molecular weight excluding hydrogens is 374 g/mol. The summed E-state index contributed by atoms with van der Waals surface area (Å²) in [4.78, 5) is 29.6. The first-order chi connectivity index (χ1) is 12.4. The molecule has 1 aliphatic rings. The zero-order valence-corrected chi connectivity index (χ0v) is 16.4. The number of halogens is 1. The molecular formula is C18H22ClN3O3S. The quantitative estimate of drug-likeness (QED) is 0.601. The average molecular weight is 396 g/mol. The number of carbonyl (C=O) groups is 1. The van der Waals surface area contributed by atoms with E-state index in [1.54, 1.807) is 22.8 Å². The second kappa shape index (κ2) is 8.41. The fourth-order valence-corrected chi connectivity index (χ4v) is 3.92. The van der Waals surface area contributed by atoms with Gasteiger partial charge in [-0.25, -0.2) is 4.98 Å². The second-order valence-electron chi connectivity index (χ2n) is 6.62. The Morgan fingerprint density at radius 1 is 1.50 bits per heavy atom. The lowest BCUT2D eigenvalue weighted by Gasteiger charge is -2.16. The van der Waals surface area contributed by atoms with Gasteiger partial charge in [-0.3, -0.25) is 14.2 Å². The SMILES string of the molecule is CC(C)NC(=O)CSc1nc2cc(Cl)ccc2c(=O)n1C[C@@H]1CCCO1. The minimum atomic E-state index is -0.131. The molecule has 1 amide bonds. The number of benzene rings is 1. The Hall–Kier alpha value is -1.57.